The van der Waals surface area contributed by atoms with Crippen molar-refractivity contribution < 1.29 is 4.79 Å². The molecule has 0 radical (unpaired) electrons. The third-order valence-electron chi connectivity index (χ3n) is 2.83. The molecule has 0 saturated carbocycles. The van der Waals surface area contributed by atoms with Gasteiger partial charge in [-0.15, -0.1) is 0 Å². The number of hydrogen-bond donors (Lipinski definition) is 0. The third kappa shape index (κ3) is 2.30. The highest BCUT2D eigenvalue weighted by molar-refractivity contribution is 5.75. The number of hydrogen-bond acceptors (Lipinski definition) is 2. The standard InChI is InChI=1S/C13H16N2O/c1-15-10-14-12-9-11(6-7-13(12)15)5-3-2-4-8-16/h6-10H,2-5H2,1H3. The monoisotopic (exact) mass is 216 g/mol. The first-order valence-corrected chi connectivity index (χ1v) is 5.65. The fourth-order valence-corrected chi connectivity index (χ4v) is 1.89. The Morgan fingerprint density at radius 1 is 1.38 bits per heavy atom. The number of unbranched alkanes of at least 4 members (excludes halogenated alkanes) is 2. The molecule has 0 aliphatic carbocycles. The fraction of sp³-hybridized carbons (Fsp3) is 0.385. The molecule has 1 aromatic carbocycles. The van der Waals surface area contributed by atoms with Crippen molar-refractivity contribution in [3.63, 3.8) is 0 Å². The number of aromatic nitrogens is 2. The van der Waals surface area contributed by atoms with Gasteiger partial charge in [-0.1, -0.05) is 6.07 Å². The molecule has 3 nitrogen and oxygen atoms in total. The van der Waals surface area contributed by atoms with Crippen molar-refractivity contribution in [1.29, 1.82) is 0 Å². The maximum absolute atomic E-state index is 10.2. The number of aryl methyl sites for hydroxylation is 2. The lowest BCUT2D eigenvalue weighted by atomic mass is 10.1. The van der Waals surface area contributed by atoms with Crippen LogP contribution in [0.3, 0.4) is 0 Å². The molecular formula is C13H16N2O. The minimum absolute atomic E-state index is 0.672. The summed E-state index contributed by atoms with van der Waals surface area (Å²) in [7, 11) is 2.00. The molecule has 0 aliphatic rings. The Hall–Kier alpha value is -1.64. The van der Waals surface area contributed by atoms with Gasteiger partial charge in [-0.05, 0) is 37.0 Å². The van der Waals surface area contributed by atoms with Crippen molar-refractivity contribution in [1.82, 2.24) is 9.55 Å². The number of carbonyl (C=O) groups excluding carboxylic acids is 1. The number of carbonyl (C=O) groups is 1. The zero-order valence-electron chi connectivity index (χ0n) is 9.52. The van der Waals surface area contributed by atoms with Crippen molar-refractivity contribution in [2.24, 2.45) is 7.05 Å². The van der Waals surface area contributed by atoms with E-state index in [0.717, 1.165) is 36.6 Å². The maximum Gasteiger partial charge on any atom is 0.119 e. The molecule has 0 amide bonds. The molecule has 0 saturated heterocycles. The van der Waals surface area contributed by atoms with Gasteiger partial charge in [-0.2, -0.15) is 0 Å². The van der Waals surface area contributed by atoms with Crippen molar-refractivity contribution in [2.45, 2.75) is 25.7 Å². The van der Waals surface area contributed by atoms with Crippen LogP contribution in [0.5, 0.6) is 0 Å². The van der Waals surface area contributed by atoms with Gasteiger partial charge in [0.25, 0.3) is 0 Å². The summed E-state index contributed by atoms with van der Waals surface area (Å²) in [5.74, 6) is 0. The molecule has 0 N–H and O–H groups in total. The molecule has 0 atom stereocenters. The summed E-state index contributed by atoms with van der Waals surface area (Å²) in [5.41, 5.74) is 3.52. The quantitative estimate of drug-likeness (QED) is 0.568. The van der Waals surface area contributed by atoms with E-state index in [0.29, 0.717) is 6.42 Å². The maximum atomic E-state index is 10.2. The minimum Gasteiger partial charge on any atom is -0.334 e. The van der Waals surface area contributed by atoms with E-state index in [4.69, 9.17) is 0 Å². The molecule has 0 unspecified atom stereocenters. The first kappa shape index (κ1) is 10.9. The molecule has 2 aromatic rings. The summed E-state index contributed by atoms with van der Waals surface area (Å²) in [6.45, 7) is 0. The molecular weight excluding hydrogens is 200 g/mol. The van der Waals surface area contributed by atoms with Crippen molar-refractivity contribution in [3.8, 4) is 0 Å². The lowest BCUT2D eigenvalue weighted by Gasteiger charge is -2.01. The number of rotatable bonds is 5. The van der Waals surface area contributed by atoms with Crippen molar-refractivity contribution in [3.05, 3.63) is 30.1 Å². The van der Waals surface area contributed by atoms with Crippen LogP contribution in [0.4, 0.5) is 0 Å². The fourth-order valence-electron chi connectivity index (χ4n) is 1.89. The Kier molecular flexibility index (Phi) is 3.34. The van der Waals surface area contributed by atoms with Crippen LogP contribution in [0, 0.1) is 0 Å². The number of aldehydes is 1. The second-order valence-electron chi connectivity index (χ2n) is 4.09. The van der Waals surface area contributed by atoms with Crippen LogP contribution in [-0.4, -0.2) is 15.8 Å². The Morgan fingerprint density at radius 3 is 3.06 bits per heavy atom. The highest BCUT2D eigenvalue weighted by Crippen LogP contribution is 2.15. The van der Waals surface area contributed by atoms with E-state index in [1.807, 2.05) is 17.9 Å². The Bertz CT molecular complexity index is 488. The summed E-state index contributed by atoms with van der Waals surface area (Å²) < 4.78 is 2.02. The van der Waals surface area contributed by atoms with E-state index in [2.05, 4.69) is 23.2 Å². The van der Waals surface area contributed by atoms with Crippen LogP contribution in [0.15, 0.2) is 24.5 Å². The van der Waals surface area contributed by atoms with Crippen LogP contribution in [0.1, 0.15) is 24.8 Å². The van der Waals surface area contributed by atoms with E-state index < -0.39 is 0 Å². The summed E-state index contributed by atoms with van der Waals surface area (Å²) in [5, 5.41) is 0. The molecule has 0 aliphatic heterocycles. The van der Waals surface area contributed by atoms with Crippen LogP contribution < -0.4 is 0 Å². The van der Waals surface area contributed by atoms with Crippen molar-refractivity contribution >= 4 is 17.3 Å². The van der Waals surface area contributed by atoms with Gasteiger partial charge in [0, 0.05) is 13.5 Å². The van der Waals surface area contributed by atoms with E-state index in [1.54, 1.807) is 0 Å². The third-order valence-corrected chi connectivity index (χ3v) is 2.83. The lowest BCUT2D eigenvalue weighted by Crippen LogP contribution is -1.88. The van der Waals surface area contributed by atoms with Gasteiger partial charge in [0.1, 0.15) is 6.29 Å². The molecule has 1 aromatic heterocycles. The number of nitrogens with zero attached hydrogens (tertiary/aromatic N) is 2. The summed E-state index contributed by atoms with van der Waals surface area (Å²) in [6.07, 6.45) is 6.57. The molecule has 1 heterocycles. The van der Waals surface area contributed by atoms with Gasteiger partial charge in [0.15, 0.2) is 0 Å². The van der Waals surface area contributed by atoms with Gasteiger partial charge in [0.05, 0.1) is 17.4 Å². The first-order valence-electron chi connectivity index (χ1n) is 5.65. The number of benzene rings is 1. The molecule has 0 fully saturated rings. The van der Waals surface area contributed by atoms with Gasteiger partial charge < -0.3 is 9.36 Å². The topological polar surface area (TPSA) is 34.9 Å². The van der Waals surface area contributed by atoms with Crippen LogP contribution in [-0.2, 0) is 18.3 Å². The summed E-state index contributed by atoms with van der Waals surface area (Å²) in [4.78, 5) is 14.5. The molecule has 16 heavy (non-hydrogen) atoms. The second-order valence-corrected chi connectivity index (χ2v) is 4.09. The van der Waals surface area contributed by atoms with Crippen LogP contribution in [0.25, 0.3) is 11.0 Å². The average molecular weight is 216 g/mol. The SMILES string of the molecule is Cn1cnc2cc(CCCCC=O)ccc21. The molecule has 3 heteroatoms. The highest BCUT2D eigenvalue weighted by atomic mass is 16.1. The van der Waals surface area contributed by atoms with E-state index in [1.165, 1.54) is 5.56 Å². The van der Waals surface area contributed by atoms with Gasteiger partial charge >= 0.3 is 0 Å². The zero-order valence-corrected chi connectivity index (χ0v) is 9.52. The smallest absolute Gasteiger partial charge is 0.119 e. The predicted molar refractivity (Wildman–Crippen MR) is 64.3 cm³/mol. The lowest BCUT2D eigenvalue weighted by molar-refractivity contribution is -0.107. The second kappa shape index (κ2) is 4.92. The Labute approximate surface area is 95.1 Å². The summed E-state index contributed by atoms with van der Waals surface area (Å²) >= 11 is 0. The summed E-state index contributed by atoms with van der Waals surface area (Å²) in [6, 6.07) is 6.39. The largest absolute Gasteiger partial charge is 0.334 e. The number of fused-ring (bicyclic) bond motifs is 1. The Balaban J connectivity index is 2.05. The highest BCUT2D eigenvalue weighted by Gasteiger charge is 2.00. The molecule has 84 valence electrons. The van der Waals surface area contributed by atoms with Crippen LogP contribution >= 0.6 is 0 Å². The predicted octanol–water partition coefficient (Wildman–Crippen LogP) is 2.49. The first-order chi connectivity index (χ1) is 7.81. The normalized spacial score (nSPS) is 10.8. The van der Waals surface area contributed by atoms with Gasteiger partial charge in [0.2, 0.25) is 0 Å². The van der Waals surface area contributed by atoms with Gasteiger partial charge in [-0.25, -0.2) is 4.98 Å². The average Bonchev–Trinajstić information content (AvgIpc) is 2.66. The minimum atomic E-state index is 0.672. The van der Waals surface area contributed by atoms with Gasteiger partial charge in [-0.3, -0.25) is 0 Å². The number of imidazole rings is 1. The Morgan fingerprint density at radius 2 is 2.25 bits per heavy atom. The van der Waals surface area contributed by atoms with Crippen LogP contribution in [0.2, 0.25) is 0 Å². The molecule has 2 rings (SSSR count). The zero-order chi connectivity index (χ0) is 11.4. The molecule has 0 spiro atoms. The van der Waals surface area contributed by atoms with Crippen molar-refractivity contribution in [2.75, 3.05) is 0 Å². The van der Waals surface area contributed by atoms with E-state index >= 15 is 0 Å². The van der Waals surface area contributed by atoms with E-state index in [9.17, 15) is 4.79 Å². The van der Waals surface area contributed by atoms with E-state index in [-0.39, 0.29) is 0 Å². The molecule has 0 bridgehead atoms.